The second kappa shape index (κ2) is 7.29. The van der Waals surface area contributed by atoms with E-state index in [1.807, 2.05) is 0 Å². The molecule has 0 spiro atoms. The number of nitrogens with one attached hydrogen (secondary N) is 2. The van der Waals surface area contributed by atoms with E-state index in [4.69, 9.17) is 28.5 Å². The van der Waals surface area contributed by atoms with E-state index in [9.17, 15) is 13.2 Å². The third kappa shape index (κ3) is 4.04. The molecule has 0 unspecified atom stereocenters. The molecule has 1 heterocycles. The normalized spacial score (nSPS) is 24.0. The molecule has 1 aromatic rings. The summed E-state index contributed by atoms with van der Waals surface area (Å²) in [5.41, 5.74) is -0.769. The summed E-state index contributed by atoms with van der Waals surface area (Å²) in [6, 6.07) is 5.67. The minimum atomic E-state index is -3.68. The van der Waals surface area contributed by atoms with Crippen LogP contribution in [0.3, 0.4) is 0 Å². The van der Waals surface area contributed by atoms with Gasteiger partial charge in [-0.1, -0.05) is 23.2 Å². The van der Waals surface area contributed by atoms with Crippen LogP contribution in [0.5, 0.6) is 0 Å². The minimum absolute atomic E-state index is 0. The SMILES string of the molecule is Cl.N#CC1(NC(=O)[C@@H]2C[C@@H](S(=O)(=O)c3ccc(Cl)cc3Cl)CN2)CC1. The van der Waals surface area contributed by atoms with Crippen molar-refractivity contribution in [1.29, 1.82) is 5.26 Å². The van der Waals surface area contributed by atoms with Crippen molar-refractivity contribution in [3.8, 4) is 6.07 Å². The molecular formula is C15H16Cl3N3O3S. The first-order valence-electron chi connectivity index (χ1n) is 7.43. The summed E-state index contributed by atoms with van der Waals surface area (Å²) >= 11 is 11.8. The number of hydrogen-bond acceptors (Lipinski definition) is 5. The highest BCUT2D eigenvalue weighted by molar-refractivity contribution is 7.92. The maximum Gasteiger partial charge on any atom is 0.238 e. The maximum atomic E-state index is 12.7. The van der Waals surface area contributed by atoms with Crippen LogP contribution >= 0.6 is 35.6 Å². The van der Waals surface area contributed by atoms with Crippen molar-refractivity contribution in [1.82, 2.24) is 10.6 Å². The van der Waals surface area contributed by atoms with Crippen molar-refractivity contribution in [3.05, 3.63) is 28.2 Å². The number of carbonyl (C=O) groups is 1. The van der Waals surface area contributed by atoms with E-state index in [-0.39, 0.29) is 41.2 Å². The van der Waals surface area contributed by atoms with E-state index in [1.54, 1.807) is 0 Å². The number of carbonyl (C=O) groups excluding carboxylic acids is 1. The van der Waals surface area contributed by atoms with Gasteiger partial charge >= 0.3 is 0 Å². The average Bonchev–Trinajstić information content (AvgIpc) is 3.10. The van der Waals surface area contributed by atoms with Gasteiger partial charge in [-0.15, -0.1) is 12.4 Å². The number of rotatable bonds is 4. The Morgan fingerprint density at radius 3 is 2.60 bits per heavy atom. The third-order valence-corrected chi connectivity index (χ3v) is 7.24. The fraction of sp³-hybridized carbons (Fsp3) is 0.467. The number of nitrogens with zero attached hydrogens (tertiary/aromatic N) is 1. The van der Waals surface area contributed by atoms with Gasteiger partial charge in [-0.3, -0.25) is 4.79 Å². The van der Waals surface area contributed by atoms with Crippen molar-refractivity contribution in [2.24, 2.45) is 0 Å². The quantitative estimate of drug-likeness (QED) is 0.771. The summed E-state index contributed by atoms with van der Waals surface area (Å²) in [4.78, 5) is 12.2. The topological polar surface area (TPSA) is 99.1 Å². The molecular weight excluding hydrogens is 409 g/mol. The van der Waals surface area contributed by atoms with Crippen LogP contribution in [0.1, 0.15) is 19.3 Å². The van der Waals surface area contributed by atoms with Gasteiger partial charge in [0, 0.05) is 11.6 Å². The highest BCUT2D eigenvalue weighted by Crippen LogP contribution is 2.35. The highest BCUT2D eigenvalue weighted by Gasteiger charge is 2.47. The lowest BCUT2D eigenvalue weighted by molar-refractivity contribution is -0.123. The first-order valence-corrected chi connectivity index (χ1v) is 9.73. The molecule has 2 aliphatic rings. The number of benzene rings is 1. The van der Waals surface area contributed by atoms with Crippen LogP contribution in [-0.2, 0) is 14.6 Å². The van der Waals surface area contributed by atoms with Crippen LogP contribution < -0.4 is 10.6 Å². The fourth-order valence-electron chi connectivity index (χ4n) is 2.74. The van der Waals surface area contributed by atoms with Crippen LogP contribution in [-0.4, -0.2) is 37.7 Å². The van der Waals surface area contributed by atoms with E-state index in [0.717, 1.165) is 0 Å². The average molecular weight is 425 g/mol. The zero-order valence-corrected chi connectivity index (χ0v) is 16.1. The fourth-order valence-corrected chi connectivity index (χ4v) is 5.18. The summed E-state index contributed by atoms with van der Waals surface area (Å²) in [5, 5.41) is 14.3. The van der Waals surface area contributed by atoms with Crippen molar-refractivity contribution < 1.29 is 13.2 Å². The number of nitriles is 1. The minimum Gasteiger partial charge on any atom is -0.336 e. The standard InChI is InChI=1S/C15H15Cl2N3O3S.ClH/c16-9-1-2-13(11(17)5-9)24(22,23)10-6-12(19-7-10)14(21)20-15(8-18)3-4-15;/h1-2,5,10,12,19H,3-4,6-7H2,(H,20,21);1H/t10-,12+;/m1./s1. The summed E-state index contributed by atoms with van der Waals surface area (Å²) < 4.78 is 25.5. The van der Waals surface area contributed by atoms with Crippen molar-refractivity contribution in [2.45, 2.75) is 41.0 Å². The highest BCUT2D eigenvalue weighted by atomic mass is 35.5. The van der Waals surface area contributed by atoms with Gasteiger partial charge in [0.05, 0.1) is 27.3 Å². The van der Waals surface area contributed by atoms with Crippen molar-refractivity contribution >= 4 is 51.4 Å². The van der Waals surface area contributed by atoms with Gasteiger partial charge in [0.2, 0.25) is 5.91 Å². The van der Waals surface area contributed by atoms with Crippen LogP contribution in [0, 0.1) is 11.3 Å². The zero-order valence-electron chi connectivity index (χ0n) is 13.0. The predicted molar refractivity (Wildman–Crippen MR) is 96.8 cm³/mol. The van der Waals surface area contributed by atoms with Crippen LogP contribution in [0.15, 0.2) is 23.1 Å². The first kappa shape index (κ1) is 20.3. The molecule has 136 valence electrons. The number of halogens is 3. The van der Waals surface area contributed by atoms with Gasteiger partial charge in [0.15, 0.2) is 9.84 Å². The third-order valence-electron chi connectivity index (χ3n) is 4.37. The molecule has 25 heavy (non-hydrogen) atoms. The van der Waals surface area contributed by atoms with Gasteiger partial charge in [-0.25, -0.2) is 8.42 Å². The summed E-state index contributed by atoms with van der Waals surface area (Å²) in [5.74, 6) is -0.339. The number of hydrogen-bond donors (Lipinski definition) is 2. The van der Waals surface area contributed by atoms with Crippen molar-refractivity contribution in [2.75, 3.05) is 6.54 Å². The lowest BCUT2D eigenvalue weighted by Crippen LogP contribution is -2.45. The Balaban J connectivity index is 0.00000225. The van der Waals surface area contributed by atoms with E-state index in [2.05, 4.69) is 16.7 Å². The monoisotopic (exact) mass is 423 g/mol. The van der Waals surface area contributed by atoms with E-state index < -0.39 is 26.7 Å². The molecule has 10 heteroatoms. The maximum absolute atomic E-state index is 12.7. The Kier molecular flexibility index (Phi) is 5.92. The van der Waals surface area contributed by atoms with Gasteiger partial charge in [-0.05, 0) is 37.5 Å². The van der Waals surface area contributed by atoms with Gasteiger partial charge in [-0.2, -0.15) is 5.26 Å². The molecule has 1 aliphatic heterocycles. The van der Waals surface area contributed by atoms with Gasteiger partial charge in [0.1, 0.15) is 5.54 Å². The molecule has 1 aliphatic carbocycles. The molecule has 2 N–H and O–H groups in total. The molecule has 6 nitrogen and oxygen atoms in total. The molecule has 0 bridgehead atoms. The lowest BCUT2D eigenvalue weighted by atomic mass is 10.2. The van der Waals surface area contributed by atoms with Crippen molar-refractivity contribution in [3.63, 3.8) is 0 Å². The van der Waals surface area contributed by atoms with E-state index >= 15 is 0 Å². The lowest BCUT2D eigenvalue weighted by Gasteiger charge is -2.15. The Morgan fingerprint density at radius 2 is 2.04 bits per heavy atom. The van der Waals surface area contributed by atoms with Gasteiger partial charge in [0.25, 0.3) is 0 Å². The predicted octanol–water partition coefficient (Wildman–Crippen LogP) is 2.09. The Labute approximate surface area is 162 Å². The molecule has 0 radical (unpaired) electrons. The Morgan fingerprint density at radius 1 is 1.36 bits per heavy atom. The van der Waals surface area contributed by atoms with E-state index in [1.165, 1.54) is 18.2 Å². The Bertz CT molecular complexity index is 834. The molecule has 0 aromatic heterocycles. The molecule has 1 amide bonds. The van der Waals surface area contributed by atoms with Crippen LogP contribution in [0.25, 0.3) is 0 Å². The van der Waals surface area contributed by atoms with Gasteiger partial charge < -0.3 is 10.6 Å². The number of sulfone groups is 1. The molecule has 1 aromatic carbocycles. The smallest absolute Gasteiger partial charge is 0.238 e. The molecule has 1 saturated heterocycles. The first-order chi connectivity index (χ1) is 11.3. The molecule has 2 fully saturated rings. The van der Waals surface area contributed by atoms with Crippen LogP contribution in [0.2, 0.25) is 10.0 Å². The molecule has 2 atom stereocenters. The summed E-state index contributed by atoms with van der Waals surface area (Å²) in [7, 11) is -3.68. The van der Waals surface area contributed by atoms with E-state index in [0.29, 0.717) is 17.9 Å². The summed E-state index contributed by atoms with van der Waals surface area (Å²) in [6.07, 6.45) is 1.39. The second-order valence-corrected chi connectivity index (χ2v) is 9.16. The molecule has 1 saturated carbocycles. The second-order valence-electron chi connectivity index (χ2n) is 6.12. The summed E-state index contributed by atoms with van der Waals surface area (Å²) in [6.45, 7) is 0.152. The molecule has 3 rings (SSSR count). The Hall–Kier alpha value is -1.04. The largest absolute Gasteiger partial charge is 0.336 e. The number of amides is 1. The zero-order chi connectivity index (χ0) is 17.5. The van der Waals surface area contributed by atoms with Crippen LogP contribution in [0.4, 0.5) is 0 Å².